The highest BCUT2D eigenvalue weighted by molar-refractivity contribution is 5.79. The second-order valence-electron chi connectivity index (χ2n) is 4.35. The van der Waals surface area contributed by atoms with E-state index in [0.717, 1.165) is 0 Å². The van der Waals surface area contributed by atoms with E-state index in [1.807, 2.05) is 0 Å². The number of carbonyl (C=O) groups is 2. The standard InChI is InChI=1S/C11H18O4/c1-5-6-8(7-9(12)13)10(14)15-11(2,3)4/h5,8H,1,6-7H2,2-4H3,(H,12,13). The van der Waals surface area contributed by atoms with Gasteiger partial charge in [-0.1, -0.05) is 6.08 Å². The Hall–Kier alpha value is -1.32. The molecule has 0 rings (SSSR count). The number of carboxylic acids is 1. The van der Waals surface area contributed by atoms with Crippen LogP contribution < -0.4 is 0 Å². The van der Waals surface area contributed by atoms with Gasteiger partial charge in [0, 0.05) is 0 Å². The summed E-state index contributed by atoms with van der Waals surface area (Å²) in [6.07, 6.45) is 1.62. The van der Waals surface area contributed by atoms with Gasteiger partial charge in [0.25, 0.3) is 0 Å². The highest BCUT2D eigenvalue weighted by Gasteiger charge is 2.26. The molecular formula is C11H18O4. The molecule has 0 aromatic rings. The molecule has 0 spiro atoms. The fraction of sp³-hybridized carbons (Fsp3) is 0.636. The summed E-state index contributed by atoms with van der Waals surface area (Å²) in [6, 6.07) is 0. The summed E-state index contributed by atoms with van der Waals surface area (Å²) in [6.45, 7) is 8.73. The van der Waals surface area contributed by atoms with E-state index >= 15 is 0 Å². The van der Waals surface area contributed by atoms with Crippen molar-refractivity contribution in [2.24, 2.45) is 5.92 Å². The number of carboxylic acid groups (broad SMARTS) is 1. The third kappa shape index (κ3) is 6.71. The van der Waals surface area contributed by atoms with Crippen molar-refractivity contribution in [1.82, 2.24) is 0 Å². The fourth-order valence-electron chi connectivity index (χ4n) is 1.06. The number of esters is 1. The average molecular weight is 214 g/mol. The largest absolute Gasteiger partial charge is 0.481 e. The minimum absolute atomic E-state index is 0.221. The Morgan fingerprint density at radius 1 is 1.47 bits per heavy atom. The zero-order valence-electron chi connectivity index (χ0n) is 9.45. The van der Waals surface area contributed by atoms with Gasteiger partial charge in [-0.15, -0.1) is 6.58 Å². The first kappa shape index (κ1) is 13.7. The van der Waals surface area contributed by atoms with Gasteiger partial charge >= 0.3 is 11.9 Å². The molecule has 0 fully saturated rings. The summed E-state index contributed by atoms with van der Waals surface area (Å²) in [4.78, 5) is 22.1. The highest BCUT2D eigenvalue weighted by Crippen LogP contribution is 2.16. The second kappa shape index (κ2) is 5.53. The maximum atomic E-state index is 11.6. The maximum absolute atomic E-state index is 11.6. The van der Waals surface area contributed by atoms with Gasteiger partial charge in [-0.3, -0.25) is 9.59 Å². The van der Waals surface area contributed by atoms with Gasteiger partial charge in [-0.2, -0.15) is 0 Å². The molecule has 15 heavy (non-hydrogen) atoms. The molecule has 0 radical (unpaired) electrons. The van der Waals surface area contributed by atoms with Crippen LogP contribution in [0.5, 0.6) is 0 Å². The normalized spacial score (nSPS) is 13.0. The quantitative estimate of drug-likeness (QED) is 0.561. The topological polar surface area (TPSA) is 63.6 Å². The van der Waals surface area contributed by atoms with E-state index in [2.05, 4.69) is 6.58 Å². The zero-order valence-corrected chi connectivity index (χ0v) is 9.45. The average Bonchev–Trinajstić information content (AvgIpc) is 1.99. The van der Waals surface area contributed by atoms with Gasteiger partial charge in [-0.05, 0) is 27.2 Å². The molecule has 0 bridgehead atoms. The first-order chi connectivity index (χ1) is 6.76. The number of carbonyl (C=O) groups excluding carboxylic acids is 1. The van der Waals surface area contributed by atoms with E-state index in [9.17, 15) is 9.59 Å². The number of rotatable bonds is 5. The lowest BCUT2D eigenvalue weighted by Gasteiger charge is -2.22. The molecule has 0 aromatic heterocycles. The molecule has 0 aromatic carbocycles. The number of hydrogen-bond donors (Lipinski definition) is 1. The summed E-state index contributed by atoms with van der Waals surface area (Å²) in [5, 5.41) is 8.62. The molecule has 1 N–H and O–H groups in total. The fourth-order valence-corrected chi connectivity index (χ4v) is 1.06. The van der Waals surface area contributed by atoms with Crippen LogP contribution in [0.3, 0.4) is 0 Å². The monoisotopic (exact) mass is 214 g/mol. The van der Waals surface area contributed by atoms with E-state index in [1.165, 1.54) is 6.08 Å². The molecular weight excluding hydrogens is 196 g/mol. The van der Waals surface area contributed by atoms with Gasteiger partial charge in [0.2, 0.25) is 0 Å². The van der Waals surface area contributed by atoms with Gasteiger partial charge < -0.3 is 9.84 Å². The van der Waals surface area contributed by atoms with Crippen LogP contribution >= 0.6 is 0 Å². The Bertz CT molecular complexity index is 250. The number of hydrogen-bond acceptors (Lipinski definition) is 3. The third-order valence-corrected chi connectivity index (χ3v) is 1.61. The zero-order chi connectivity index (χ0) is 12.1. The van der Waals surface area contributed by atoms with Crippen LogP contribution in [0.25, 0.3) is 0 Å². The molecule has 0 aliphatic rings. The van der Waals surface area contributed by atoms with E-state index in [4.69, 9.17) is 9.84 Å². The SMILES string of the molecule is C=CCC(CC(=O)O)C(=O)OC(C)(C)C. The lowest BCUT2D eigenvalue weighted by molar-refractivity contribution is -0.162. The van der Waals surface area contributed by atoms with E-state index in [-0.39, 0.29) is 6.42 Å². The molecule has 1 atom stereocenters. The molecule has 0 heterocycles. The van der Waals surface area contributed by atoms with Gasteiger partial charge in [0.05, 0.1) is 12.3 Å². The Balaban J connectivity index is 4.41. The van der Waals surface area contributed by atoms with Gasteiger partial charge in [0.15, 0.2) is 0 Å². The first-order valence-electron chi connectivity index (χ1n) is 4.82. The van der Waals surface area contributed by atoms with E-state index in [0.29, 0.717) is 6.42 Å². The molecule has 4 nitrogen and oxygen atoms in total. The van der Waals surface area contributed by atoms with Crippen LogP contribution in [0.1, 0.15) is 33.6 Å². The minimum atomic E-state index is -1.01. The van der Waals surface area contributed by atoms with Crippen molar-refractivity contribution >= 4 is 11.9 Å². The van der Waals surface area contributed by atoms with E-state index in [1.54, 1.807) is 20.8 Å². The van der Waals surface area contributed by atoms with Crippen molar-refractivity contribution in [2.75, 3.05) is 0 Å². The van der Waals surface area contributed by atoms with Crippen molar-refractivity contribution in [3.63, 3.8) is 0 Å². The van der Waals surface area contributed by atoms with Gasteiger partial charge in [0.1, 0.15) is 5.60 Å². The molecule has 4 heteroatoms. The predicted octanol–water partition coefficient (Wildman–Crippen LogP) is 2.00. The lowest BCUT2D eigenvalue weighted by atomic mass is 10.0. The van der Waals surface area contributed by atoms with Crippen LogP contribution in [-0.4, -0.2) is 22.6 Å². The summed E-state index contributed by atoms with van der Waals surface area (Å²) in [7, 11) is 0. The van der Waals surface area contributed by atoms with Crippen LogP contribution in [0.4, 0.5) is 0 Å². The Morgan fingerprint density at radius 2 is 2.00 bits per heavy atom. The molecule has 86 valence electrons. The van der Waals surface area contributed by atoms with Crippen molar-refractivity contribution < 1.29 is 19.4 Å². The Labute approximate surface area is 89.9 Å². The third-order valence-electron chi connectivity index (χ3n) is 1.61. The van der Waals surface area contributed by atoms with Crippen molar-refractivity contribution in [2.45, 2.75) is 39.2 Å². The van der Waals surface area contributed by atoms with Gasteiger partial charge in [-0.25, -0.2) is 0 Å². The number of allylic oxidation sites excluding steroid dienone is 1. The smallest absolute Gasteiger partial charge is 0.310 e. The van der Waals surface area contributed by atoms with Crippen molar-refractivity contribution in [3.05, 3.63) is 12.7 Å². The van der Waals surface area contributed by atoms with Crippen LogP contribution in [0, 0.1) is 5.92 Å². The van der Waals surface area contributed by atoms with Crippen LogP contribution in [0.15, 0.2) is 12.7 Å². The predicted molar refractivity (Wildman–Crippen MR) is 56.4 cm³/mol. The van der Waals surface area contributed by atoms with E-state index < -0.39 is 23.5 Å². The highest BCUT2D eigenvalue weighted by atomic mass is 16.6. The minimum Gasteiger partial charge on any atom is -0.481 e. The van der Waals surface area contributed by atoms with Crippen LogP contribution in [-0.2, 0) is 14.3 Å². The summed E-state index contributed by atoms with van der Waals surface area (Å²) < 4.78 is 5.10. The molecule has 0 saturated heterocycles. The summed E-state index contributed by atoms with van der Waals surface area (Å²) >= 11 is 0. The van der Waals surface area contributed by atoms with Crippen LogP contribution in [0.2, 0.25) is 0 Å². The number of aliphatic carboxylic acids is 1. The summed E-state index contributed by atoms with van der Waals surface area (Å²) in [5.74, 6) is -2.13. The Morgan fingerprint density at radius 3 is 2.33 bits per heavy atom. The molecule has 0 amide bonds. The molecule has 0 aliphatic heterocycles. The summed E-state index contributed by atoms with van der Waals surface area (Å²) in [5.41, 5.74) is -0.588. The molecule has 0 aliphatic carbocycles. The van der Waals surface area contributed by atoms with Crippen molar-refractivity contribution in [1.29, 1.82) is 0 Å². The lowest BCUT2D eigenvalue weighted by Crippen LogP contribution is -2.29. The van der Waals surface area contributed by atoms with Crippen molar-refractivity contribution in [3.8, 4) is 0 Å². The molecule has 1 unspecified atom stereocenters. The first-order valence-corrected chi connectivity index (χ1v) is 4.82. The number of ether oxygens (including phenoxy) is 1. The second-order valence-corrected chi connectivity index (χ2v) is 4.35. The maximum Gasteiger partial charge on any atom is 0.310 e. The molecule has 0 saturated carbocycles. The Kier molecular flexibility index (Phi) is 5.05.